The Labute approximate surface area is 133 Å². The van der Waals surface area contributed by atoms with Crippen molar-refractivity contribution in [3.8, 4) is 0 Å². The van der Waals surface area contributed by atoms with Gasteiger partial charge in [0.25, 0.3) is 0 Å². The van der Waals surface area contributed by atoms with Crippen LogP contribution in [0.15, 0.2) is 30.4 Å². The second-order valence-electron chi connectivity index (χ2n) is 5.60. The lowest BCUT2D eigenvalue weighted by atomic mass is 9.93. The molecule has 1 N–H and O–H groups in total. The average Bonchev–Trinajstić information content (AvgIpc) is 2.55. The van der Waals surface area contributed by atoms with E-state index in [9.17, 15) is 18.4 Å². The summed E-state index contributed by atoms with van der Waals surface area (Å²) in [6.45, 7) is -0.153. The van der Waals surface area contributed by atoms with E-state index in [1.165, 1.54) is 17.0 Å². The Kier molecular flexibility index (Phi) is 5.84. The number of hydrogen-bond acceptors (Lipinski definition) is 2. The maximum atomic E-state index is 13.8. The summed E-state index contributed by atoms with van der Waals surface area (Å²) in [4.78, 5) is 24.7. The molecule has 2 rings (SSSR count). The van der Waals surface area contributed by atoms with E-state index >= 15 is 0 Å². The number of benzene rings is 1. The fourth-order valence-corrected chi connectivity index (χ4v) is 2.65. The van der Waals surface area contributed by atoms with Gasteiger partial charge in [-0.1, -0.05) is 24.3 Å². The van der Waals surface area contributed by atoms with Crippen LogP contribution >= 0.6 is 0 Å². The first-order valence-electron chi connectivity index (χ1n) is 7.57. The van der Waals surface area contributed by atoms with E-state index in [1.54, 1.807) is 0 Å². The number of aliphatic carboxylic acids is 1. The van der Waals surface area contributed by atoms with Crippen molar-refractivity contribution >= 4 is 11.9 Å². The molecule has 0 spiro atoms. The van der Waals surface area contributed by atoms with Crippen molar-refractivity contribution in [1.82, 2.24) is 4.90 Å². The number of carboxylic acids is 1. The third-order valence-corrected chi connectivity index (χ3v) is 3.92. The van der Waals surface area contributed by atoms with Gasteiger partial charge in [0.2, 0.25) is 5.91 Å². The molecule has 0 radical (unpaired) electrons. The lowest BCUT2D eigenvalue weighted by Gasteiger charge is -2.28. The molecule has 124 valence electrons. The standard InChI is InChI=1S/C17H19F2NO3/c18-14-8-4-7-13(16(14)19)11-20(10-9-15(21)22)17(23)12-5-2-1-3-6-12/h1-2,4,7-8,12H,3,5-6,9-11H2,(H,21,22)/t12-/m1/s1. The highest BCUT2D eigenvalue weighted by Gasteiger charge is 2.25. The minimum Gasteiger partial charge on any atom is -0.481 e. The fraction of sp³-hybridized carbons (Fsp3) is 0.412. The number of carbonyl (C=O) groups is 2. The molecular weight excluding hydrogens is 304 g/mol. The van der Waals surface area contributed by atoms with Crippen LogP contribution in [0.5, 0.6) is 0 Å². The number of rotatable bonds is 6. The fourth-order valence-electron chi connectivity index (χ4n) is 2.65. The van der Waals surface area contributed by atoms with E-state index in [1.807, 2.05) is 12.2 Å². The van der Waals surface area contributed by atoms with Crippen molar-refractivity contribution in [2.24, 2.45) is 5.92 Å². The monoisotopic (exact) mass is 323 g/mol. The number of hydrogen-bond donors (Lipinski definition) is 1. The van der Waals surface area contributed by atoms with Gasteiger partial charge in [-0.25, -0.2) is 8.78 Å². The summed E-state index contributed by atoms with van der Waals surface area (Å²) in [7, 11) is 0. The van der Waals surface area contributed by atoms with Gasteiger partial charge >= 0.3 is 5.97 Å². The molecule has 0 saturated heterocycles. The van der Waals surface area contributed by atoms with Crippen molar-refractivity contribution in [3.05, 3.63) is 47.5 Å². The second-order valence-corrected chi connectivity index (χ2v) is 5.60. The predicted octanol–water partition coefficient (Wildman–Crippen LogP) is 3.12. The van der Waals surface area contributed by atoms with E-state index in [2.05, 4.69) is 0 Å². The number of carboxylic acid groups (broad SMARTS) is 1. The van der Waals surface area contributed by atoms with Crippen molar-refractivity contribution in [2.45, 2.75) is 32.2 Å². The summed E-state index contributed by atoms with van der Waals surface area (Å²) in [5.74, 6) is -3.45. The zero-order chi connectivity index (χ0) is 16.8. The molecule has 0 bridgehead atoms. The van der Waals surface area contributed by atoms with Crippen molar-refractivity contribution in [1.29, 1.82) is 0 Å². The minimum atomic E-state index is -1.04. The third-order valence-electron chi connectivity index (χ3n) is 3.92. The largest absolute Gasteiger partial charge is 0.481 e. The third kappa shape index (κ3) is 4.61. The molecule has 1 atom stereocenters. The van der Waals surface area contributed by atoms with E-state index in [4.69, 9.17) is 5.11 Å². The molecule has 0 fully saturated rings. The second kappa shape index (κ2) is 7.85. The maximum absolute atomic E-state index is 13.8. The molecular formula is C17H19F2NO3. The van der Waals surface area contributed by atoms with Crippen LogP contribution in [0.3, 0.4) is 0 Å². The highest BCUT2D eigenvalue weighted by molar-refractivity contribution is 5.79. The van der Waals surface area contributed by atoms with E-state index in [0.29, 0.717) is 12.8 Å². The van der Waals surface area contributed by atoms with Crippen LogP contribution < -0.4 is 0 Å². The van der Waals surface area contributed by atoms with Gasteiger partial charge in [0.1, 0.15) is 0 Å². The van der Waals surface area contributed by atoms with Crippen LogP contribution in [-0.4, -0.2) is 28.4 Å². The number of amides is 1. The van der Waals surface area contributed by atoms with Crippen LogP contribution in [0.4, 0.5) is 8.78 Å². The Morgan fingerprint density at radius 3 is 2.70 bits per heavy atom. The number of halogens is 2. The Hall–Kier alpha value is -2.24. The van der Waals surface area contributed by atoms with Gasteiger partial charge in [0.05, 0.1) is 6.42 Å². The van der Waals surface area contributed by atoms with Crippen LogP contribution in [0.1, 0.15) is 31.2 Å². The van der Waals surface area contributed by atoms with E-state index in [-0.39, 0.29) is 36.9 Å². The summed E-state index contributed by atoms with van der Waals surface area (Å²) >= 11 is 0. The van der Waals surface area contributed by atoms with Crippen LogP contribution in [0, 0.1) is 17.6 Å². The maximum Gasteiger partial charge on any atom is 0.305 e. The molecule has 4 nitrogen and oxygen atoms in total. The Morgan fingerprint density at radius 2 is 2.04 bits per heavy atom. The van der Waals surface area contributed by atoms with Crippen LogP contribution in [-0.2, 0) is 16.1 Å². The van der Waals surface area contributed by atoms with Crippen LogP contribution in [0.2, 0.25) is 0 Å². The quantitative estimate of drug-likeness (QED) is 0.818. The molecule has 1 aromatic rings. The van der Waals surface area contributed by atoms with Crippen molar-refractivity contribution in [3.63, 3.8) is 0 Å². The molecule has 1 aromatic carbocycles. The number of carbonyl (C=O) groups excluding carboxylic acids is 1. The molecule has 0 saturated carbocycles. The first kappa shape index (κ1) is 17.1. The molecule has 1 aliphatic rings. The average molecular weight is 323 g/mol. The normalized spacial score (nSPS) is 17.0. The summed E-state index contributed by atoms with van der Waals surface area (Å²) in [6.07, 6.45) is 5.75. The summed E-state index contributed by atoms with van der Waals surface area (Å²) in [5.41, 5.74) is 0.0510. The summed E-state index contributed by atoms with van der Waals surface area (Å²) < 4.78 is 27.1. The van der Waals surface area contributed by atoms with Crippen molar-refractivity contribution in [2.75, 3.05) is 6.54 Å². The van der Waals surface area contributed by atoms with Gasteiger partial charge in [-0.15, -0.1) is 0 Å². The zero-order valence-electron chi connectivity index (χ0n) is 12.7. The molecule has 0 aliphatic heterocycles. The lowest BCUT2D eigenvalue weighted by molar-refractivity contribution is -0.140. The van der Waals surface area contributed by atoms with Gasteiger partial charge < -0.3 is 10.0 Å². The Balaban J connectivity index is 2.15. The summed E-state index contributed by atoms with van der Waals surface area (Å²) in [6, 6.07) is 3.78. The van der Waals surface area contributed by atoms with Gasteiger partial charge in [0.15, 0.2) is 11.6 Å². The lowest BCUT2D eigenvalue weighted by Crippen LogP contribution is -2.37. The summed E-state index contributed by atoms with van der Waals surface area (Å²) in [5, 5.41) is 8.84. The molecule has 0 unspecified atom stereocenters. The highest BCUT2D eigenvalue weighted by Crippen LogP contribution is 2.22. The van der Waals surface area contributed by atoms with E-state index in [0.717, 1.165) is 12.5 Å². The van der Waals surface area contributed by atoms with E-state index < -0.39 is 17.6 Å². The number of allylic oxidation sites excluding steroid dienone is 2. The molecule has 1 aliphatic carbocycles. The molecule has 0 heterocycles. The van der Waals surface area contributed by atoms with Gasteiger partial charge in [-0.2, -0.15) is 0 Å². The number of nitrogens with zero attached hydrogens (tertiary/aromatic N) is 1. The SMILES string of the molecule is O=C(O)CCN(Cc1cccc(F)c1F)C(=O)[C@@H]1CC=CCC1. The Morgan fingerprint density at radius 1 is 1.26 bits per heavy atom. The molecule has 0 aromatic heterocycles. The first-order chi connectivity index (χ1) is 11.0. The molecule has 6 heteroatoms. The molecule has 1 amide bonds. The van der Waals surface area contributed by atoms with Gasteiger partial charge in [0, 0.05) is 24.6 Å². The zero-order valence-corrected chi connectivity index (χ0v) is 12.7. The minimum absolute atomic E-state index is 0.0235. The van der Waals surface area contributed by atoms with Crippen LogP contribution in [0.25, 0.3) is 0 Å². The topological polar surface area (TPSA) is 57.6 Å². The smallest absolute Gasteiger partial charge is 0.305 e. The van der Waals surface area contributed by atoms with Gasteiger partial charge in [-0.05, 0) is 25.3 Å². The van der Waals surface area contributed by atoms with Gasteiger partial charge in [-0.3, -0.25) is 9.59 Å². The predicted molar refractivity (Wildman–Crippen MR) is 80.5 cm³/mol. The van der Waals surface area contributed by atoms with Crippen molar-refractivity contribution < 1.29 is 23.5 Å². The molecule has 23 heavy (non-hydrogen) atoms. The highest BCUT2D eigenvalue weighted by atomic mass is 19.2. The Bertz CT molecular complexity index is 616. The first-order valence-corrected chi connectivity index (χ1v) is 7.57.